The van der Waals surface area contributed by atoms with Crippen LogP contribution in [0.5, 0.6) is 0 Å². The van der Waals surface area contributed by atoms with Gasteiger partial charge >= 0.3 is 0 Å². The van der Waals surface area contributed by atoms with Crippen LogP contribution in [0.25, 0.3) is 0 Å². The highest BCUT2D eigenvalue weighted by Gasteiger charge is 2.19. The molecule has 108 valence electrons. The van der Waals surface area contributed by atoms with Crippen molar-refractivity contribution >= 4 is 27.3 Å². The van der Waals surface area contributed by atoms with E-state index in [-0.39, 0.29) is 11.5 Å². The van der Waals surface area contributed by atoms with E-state index in [2.05, 4.69) is 4.72 Å². The Hall–Kier alpha value is -1.50. The molecule has 0 bridgehead atoms. The maximum Gasteiger partial charge on any atom is 0.263 e. The molecule has 0 aliphatic heterocycles. The van der Waals surface area contributed by atoms with Crippen LogP contribution in [-0.4, -0.2) is 18.1 Å². The molecule has 0 amide bonds. The second-order valence-electron chi connectivity index (χ2n) is 4.47. The fraction of sp³-hybridized carbons (Fsp3) is 0.231. The standard InChI is InChI=1S/C13H15ClN2O3S/c1-9-4-3-5-12(14)13(9)15-20(18,19)11-6-10(8-17)16(2)7-11/h3-7,15,17H,8H2,1-2H3. The number of nitrogens with zero attached hydrogens (tertiary/aromatic N) is 1. The van der Waals surface area contributed by atoms with Crippen molar-refractivity contribution in [1.82, 2.24) is 4.57 Å². The van der Waals surface area contributed by atoms with E-state index in [1.54, 1.807) is 36.7 Å². The van der Waals surface area contributed by atoms with E-state index in [0.29, 0.717) is 16.4 Å². The van der Waals surface area contributed by atoms with E-state index >= 15 is 0 Å². The third-order valence-electron chi connectivity index (χ3n) is 3.01. The Balaban J connectivity index is 2.41. The number of aryl methyl sites for hydroxylation is 2. The first kappa shape index (κ1) is 14.9. The van der Waals surface area contributed by atoms with Crippen LogP contribution >= 0.6 is 11.6 Å². The molecule has 0 aliphatic carbocycles. The summed E-state index contributed by atoms with van der Waals surface area (Å²) in [6, 6.07) is 6.57. The second-order valence-corrected chi connectivity index (χ2v) is 6.56. The SMILES string of the molecule is Cc1cccc(Cl)c1NS(=O)(=O)c1cc(CO)n(C)c1. The Labute approximate surface area is 122 Å². The summed E-state index contributed by atoms with van der Waals surface area (Å²) in [6.07, 6.45) is 1.44. The Morgan fingerprint density at radius 2 is 2.10 bits per heavy atom. The molecule has 2 N–H and O–H groups in total. The number of aliphatic hydroxyl groups is 1. The Morgan fingerprint density at radius 3 is 2.65 bits per heavy atom. The van der Waals surface area contributed by atoms with E-state index < -0.39 is 10.0 Å². The predicted molar refractivity (Wildman–Crippen MR) is 78.3 cm³/mol. The highest BCUT2D eigenvalue weighted by molar-refractivity contribution is 7.92. The lowest BCUT2D eigenvalue weighted by molar-refractivity contribution is 0.272. The molecular weight excluding hydrogens is 300 g/mol. The van der Waals surface area contributed by atoms with Gasteiger partial charge in [-0.15, -0.1) is 0 Å². The summed E-state index contributed by atoms with van der Waals surface area (Å²) in [7, 11) is -2.06. The molecule has 0 radical (unpaired) electrons. The quantitative estimate of drug-likeness (QED) is 0.909. The largest absolute Gasteiger partial charge is 0.390 e. The molecule has 1 aromatic heterocycles. The number of hydrogen-bond acceptors (Lipinski definition) is 3. The van der Waals surface area contributed by atoms with Gasteiger partial charge in [-0.1, -0.05) is 23.7 Å². The molecule has 7 heteroatoms. The smallest absolute Gasteiger partial charge is 0.263 e. The fourth-order valence-electron chi connectivity index (χ4n) is 1.84. The molecule has 2 rings (SSSR count). The lowest BCUT2D eigenvalue weighted by Crippen LogP contribution is -2.13. The third kappa shape index (κ3) is 2.82. The lowest BCUT2D eigenvalue weighted by atomic mass is 10.2. The molecule has 0 aliphatic rings. The van der Waals surface area contributed by atoms with Gasteiger partial charge in [0.1, 0.15) is 4.90 Å². The van der Waals surface area contributed by atoms with Gasteiger partial charge in [-0.2, -0.15) is 0 Å². The van der Waals surface area contributed by atoms with Gasteiger partial charge in [0.2, 0.25) is 0 Å². The van der Waals surface area contributed by atoms with Gasteiger partial charge < -0.3 is 9.67 Å². The van der Waals surface area contributed by atoms with Crippen molar-refractivity contribution in [3.8, 4) is 0 Å². The maximum absolute atomic E-state index is 12.3. The predicted octanol–water partition coefficient (Wildman–Crippen LogP) is 2.28. The highest BCUT2D eigenvalue weighted by atomic mass is 35.5. The van der Waals surface area contributed by atoms with Crippen LogP contribution in [0.3, 0.4) is 0 Å². The molecule has 1 aromatic carbocycles. The van der Waals surface area contributed by atoms with E-state index in [4.69, 9.17) is 16.7 Å². The van der Waals surface area contributed by atoms with Gasteiger partial charge in [0.25, 0.3) is 10.0 Å². The van der Waals surface area contributed by atoms with Gasteiger partial charge in [0.15, 0.2) is 0 Å². The molecule has 0 atom stereocenters. The van der Waals surface area contributed by atoms with Gasteiger partial charge in [0, 0.05) is 18.9 Å². The number of aliphatic hydroxyl groups excluding tert-OH is 1. The number of benzene rings is 1. The topological polar surface area (TPSA) is 71.3 Å². The van der Waals surface area contributed by atoms with Gasteiger partial charge in [0.05, 0.1) is 17.3 Å². The number of anilines is 1. The number of halogens is 1. The van der Waals surface area contributed by atoms with E-state index in [1.165, 1.54) is 12.3 Å². The third-order valence-corrected chi connectivity index (χ3v) is 4.65. The minimum Gasteiger partial charge on any atom is -0.390 e. The van der Waals surface area contributed by atoms with Gasteiger partial charge in [-0.3, -0.25) is 4.72 Å². The van der Waals surface area contributed by atoms with Gasteiger partial charge in [-0.05, 0) is 24.6 Å². The van der Waals surface area contributed by atoms with Crippen molar-refractivity contribution in [1.29, 1.82) is 0 Å². The van der Waals surface area contributed by atoms with Crippen LogP contribution in [0.2, 0.25) is 5.02 Å². The number of para-hydroxylation sites is 1. The molecule has 0 spiro atoms. The summed E-state index contributed by atoms with van der Waals surface area (Å²) in [5, 5.41) is 9.46. The molecule has 1 heterocycles. The van der Waals surface area contributed by atoms with Crippen LogP contribution in [-0.2, 0) is 23.7 Å². The van der Waals surface area contributed by atoms with Crippen LogP contribution in [0.1, 0.15) is 11.3 Å². The summed E-state index contributed by atoms with van der Waals surface area (Å²) in [5.41, 5.74) is 1.62. The summed E-state index contributed by atoms with van der Waals surface area (Å²) in [6.45, 7) is 1.55. The molecular formula is C13H15ClN2O3S. The Bertz CT molecular complexity index is 718. The molecule has 0 saturated heterocycles. The van der Waals surface area contributed by atoms with E-state index in [1.807, 2.05) is 0 Å². The van der Waals surface area contributed by atoms with Crippen molar-refractivity contribution in [2.45, 2.75) is 18.4 Å². The molecule has 0 saturated carbocycles. The zero-order valence-electron chi connectivity index (χ0n) is 11.1. The zero-order valence-corrected chi connectivity index (χ0v) is 12.7. The maximum atomic E-state index is 12.3. The molecule has 2 aromatic rings. The number of rotatable bonds is 4. The van der Waals surface area contributed by atoms with Crippen LogP contribution in [0.15, 0.2) is 35.4 Å². The van der Waals surface area contributed by atoms with Crippen LogP contribution < -0.4 is 4.72 Å². The zero-order chi connectivity index (χ0) is 14.9. The van der Waals surface area contributed by atoms with E-state index in [0.717, 1.165) is 5.56 Å². The first-order chi connectivity index (χ1) is 9.35. The first-order valence-electron chi connectivity index (χ1n) is 5.89. The Kier molecular flexibility index (Phi) is 4.08. The van der Waals surface area contributed by atoms with Crippen molar-refractivity contribution in [2.75, 3.05) is 4.72 Å². The van der Waals surface area contributed by atoms with Gasteiger partial charge in [-0.25, -0.2) is 8.42 Å². The highest BCUT2D eigenvalue weighted by Crippen LogP contribution is 2.28. The lowest BCUT2D eigenvalue weighted by Gasteiger charge is -2.11. The van der Waals surface area contributed by atoms with Crippen molar-refractivity contribution in [3.05, 3.63) is 46.7 Å². The summed E-state index contributed by atoms with van der Waals surface area (Å²) >= 11 is 6.01. The average molecular weight is 315 g/mol. The molecule has 5 nitrogen and oxygen atoms in total. The first-order valence-corrected chi connectivity index (χ1v) is 7.75. The van der Waals surface area contributed by atoms with Crippen molar-refractivity contribution in [2.24, 2.45) is 7.05 Å². The average Bonchev–Trinajstić information content (AvgIpc) is 2.76. The van der Waals surface area contributed by atoms with Crippen molar-refractivity contribution in [3.63, 3.8) is 0 Å². The molecule has 20 heavy (non-hydrogen) atoms. The molecule has 0 unspecified atom stereocenters. The minimum atomic E-state index is -3.74. The number of hydrogen-bond donors (Lipinski definition) is 2. The number of aromatic nitrogens is 1. The number of nitrogens with one attached hydrogen (secondary N) is 1. The Morgan fingerprint density at radius 1 is 1.40 bits per heavy atom. The normalized spacial score (nSPS) is 11.6. The van der Waals surface area contributed by atoms with Crippen LogP contribution in [0, 0.1) is 6.92 Å². The van der Waals surface area contributed by atoms with Crippen molar-refractivity contribution < 1.29 is 13.5 Å². The monoisotopic (exact) mass is 314 g/mol. The summed E-state index contributed by atoms with van der Waals surface area (Å²) in [5.74, 6) is 0. The van der Waals surface area contributed by atoms with Crippen LogP contribution in [0.4, 0.5) is 5.69 Å². The molecule has 0 fully saturated rings. The van der Waals surface area contributed by atoms with E-state index in [9.17, 15) is 8.42 Å². The fourth-order valence-corrected chi connectivity index (χ4v) is 3.41. The summed E-state index contributed by atoms with van der Waals surface area (Å²) in [4.78, 5) is 0.0865. The number of sulfonamides is 1. The second kappa shape index (κ2) is 5.47. The summed E-state index contributed by atoms with van der Waals surface area (Å²) < 4.78 is 28.7. The minimum absolute atomic E-state index is 0.0865.